The normalized spacial score (nSPS) is 11.4. The molecule has 0 unspecified atom stereocenters. The van der Waals surface area contributed by atoms with Crippen LogP contribution in [0.25, 0.3) is 21.9 Å². The summed E-state index contributed by atoms with van der Waals surface area (Å²) < 4.78 is 12.3. The Balaban J connectivity index is 1.57. The topological polar surface area (TPSA) is 116 Å². The van der Waals surface area contributed by atoms with Crippen molar-refractivity contribution in [1.82, 2.24) is 24.3 Å². The summed E-state index contributed by atoms with van der Waals surface area (Å²) in [6.45, 7) is 2.56. The number of nitrogen functional groups attached to an aromatic ring is 1. The lowest BCUT2D eigenvalue weighted by Crippen LogP contribution is -2.38. The highest BCUT2D eigenvalue weighted by Gasteiger charge is 2.19. The Kier molecular flexibility index (Phi) is 9.68. The van der Waals surface area contributed by atoms with Crippen LogP contribution < -0.4 is 5.73 Å². The van der Waals surface area contributed by atoms with E-state index < -0.39 is 0 Å². The van der Waals surface area contributed by atoms with E-state index in [0.717, 1.165) is 39.8 Å². The highest BCUT2D eigenvalue weighted by atomic mass is 16.5. The first-order valence-corrected chi connectivity index (χ1v) is 13.4. The SMILES string of the molecule is COCCc1nc2c(N)nc3ccccc3c2n1CCCN(Cc1ccc(CC(=O)OC)cc1)C(=O)CN(C)C. The van der Waals surface area contributed by atoms with Crippen molar-refractivity contribution in [2.75, 3.05) is 53.7 Å². The van der Waals surface area contributed by atoms with Gasteiger partial charge in [0.1, 0.15) is 11.3 Å². The van der Waals surface area contributed by atoms with Crippen molar-refractivity contribution in [3.63, 3.8) is 0 Å². The molecular weight excluding hydrogens is 508 g/mol. The number of methoxy groups -OCH3 is 2. The number of rotatable bonds is 13. The number of fused-ring (bicyclic) bond motifs is 3. The first-order chi connectivity index (χ1) is 19.3. The van der Waals surface area contributed by atoms with E-state index in [9.17, 15) is 9.59 Å². The number of amides is 1. The molecule has 0 radical (unpaired) electrons. The summed E-state index contributed by atoms with van der Waals surface area (Å²) >= 11 is 0. The second-order valence-electron chi connectivity index (χ2n) is 10.1. The third-order valence-corrected chi connectivity index (χ3v) is 6.81. The molecule has 0 spiro atoms. The van der Waals surface area contributed by atoms with Gasteiger partial charge in [-0.05, 0) is 37.7 Å². The summed E-state index contributed by atoms with van der Waals surface area (Å²) in [5.41, 5.74) is 10.7. The maximum Gasteiger partial charge on any atom is 0.309 e. The number of benzene rings is 2. The van der Waals surface area contributed by atoms with Crippen LogP contribution in [0.2, 0.25) is 0 Å². The zero-order chi connectivity index (χ0) is 28.6. The minimum atomic E-state index is -0.280. The number of anilines is 1. The molecule has 10 heteroatoms. The molecule has 0 aliphatic carbocycles. The number of imidazole rings is 1. The van der Waals surface area contributed by atoms with Gasteiger partial charge in [-0.2, -0.15) is 0 Å². The van der Waals surface area contributed by atoms with Crippen LogP contribution in [0.4, 0.5) is 5.82 Å². The molecule has 0 aliphatic heterocycles. The number of nitrogens with zero attached hydrogens (tertiary/aromatic N) is 5. The van der Waals surface area contributed by atoms with E-state index >= 15 is 0 Å². The van der Waals surface area contributed by atoms with Crippen LogP contribution in [0.15, 0.2) is 48.5 Å². The number of hydrogen-bond donors (Lipinski definition) is 1. The summed E-state index contributed by atoms with van der Waals surface area (Å²) in [7, 11) is 6.84. The molecule has 2 N–H and O–H groups in total. The van der Waals surface area contributed by atoms with Crippen LogP contribution in [-0.2, 0) is 45.0 Å². The van der Waals surface area contributed by atoms with E-state index in [4.69, 9.17) is 20.2 Å². The highest BCUT2D eigenvalue weighted by molar-refractivity contribution is 6.06. The summed E-state index contributed by atoms with van der Waals surface area (Å²) in [4.78, 5) is 38.0. The number of aromatic nitrogens is 3. The Morgan fingerprint density at radius 2 is 1.73 bits per heavy atom. The minimum absolute atomic E-state index is 0.0534. The number of aryl methyl sites for hydroxylation is 1. The van der Waals surface area contributed by atoms with E-state index in [1.807, 2.05) is 72.4 Å². The molecule has 0 atom stereocenters. The fourth-order valence-corrected chi connectivity index (χ4v) is 4.83. The Morgan fingerprint density at radius 1 is 1.00 bits per heavy atom. The monoisotopic (exact) mass is 546 g/mol. The van der Waals surface area contributed by atoms with Crippen molar-refractivity contribution >= 4 is 39.6 Å². The van der Waals surface area contributed by atoms with Gasteiger partial charge < -0.3 is 29.6 Å². The van der Waals surface area contributed by atoms with Crippen LogP contribution in [0.3, 0.4) is 0 Å². The molecule has 0 fully saturated rings. The largest absolute Gasteiger partial charge is 0.469 e. The van der Waals surface area contributed by atoms with Gasteiger partial charge in [-0.25, -0.2) is 9.97 Å². The molecule has 2 aromatic heterocycles. The quantitative estimate of drug-likeness (QED) is 0.255. The Labute approximate surface area is 234 Å². The van der Waals surface area contributed by atoms with E-state index in [2.05, 4.69) is 9.55 Å². The van der Waals surface area contributed by atoms with Gasteiger partial charge in [0.2, 0.25) is 5.91 Å². The molecular formula is C30H38N6O4. The molecule has 40 heavy (non-hydrogen) atoms. The molecule has 0 bridgehead atoms. The number of likely N-dealkylation sites (N-methyl/N-ethyl adjacent to an activating group) is 1. The number of hydrogen-bond acceptors (Lipinski definition) is 8. The fraction of sp³-hybridized carbons (Fsp3) is 0.400. The first-order valence-electron chi connectivity index (χ1n) is 13.4. The number of ether oxygens (including phenoxy) is 2. The number of carbonyl (C=O) groups is 2. The second-order valence-corrected chi connectivity index (χ2v) is 10.1. The molecule has 0 saturated heterocycles. The van der Waals surface area contributed by atoms with E-state index in [1.54, 1.807) is 7.11 Å². The summed E-state index contributed by atoms with van der Waals surface area (Å²) in [5, 5.41) is 0.996. The average molecular weight is 547 g/mol. The number of carbonyl (C=O) groups excluding carboxylic acids is 2. The lowest BCUT2D eigenvalue weighted by molar-refractivity contribution is -0.139. The zero-order valence-electron chi connectivity index (χ0n) is 23.7. The molecule has 212 valence electrons. The van der Waals surface area contributed by atoms with Crippen molar-refractivity contribution in [3.8, 4) is 0 Å². The van der Waals surface area contributed by atoms with Crippen LogP contribution >= 0.6 is 0 Å². The molecule has 1 amide bonds. The van der Waals surface area contributed by atoms with E-state index in [0.29, 0.717) is 50.5 Å². The lowest BCUT2D eigenvalue weighted by Gasteiger charge is -2.25. The van der Waals surface area contributed by atoms with Crippen LogP contribution in [0.5, 0.6) is 0 Å². The van der Waals surface area contributed by atoms with Gasteiger partial charge in [-0.3, -0.25) is 9.59 Å². The Hall–Kier alpha value is -4.02. The Morgan fingerprint density at radius 3 is 2.42 bits per heavy atom. The molecule has 4 aromatic rings. The van der Waals surface area contributed by atoms with Gasteiger partial charge in [0, 0.05) is 38.6 Å². The van der Waals surface area contributed by atoms with Crippen LogP contribution in [0, 0.1) is 0 Å². The van der Waals surface area contributed by atoms with Gasteiger partial charge in [0.15, 0.2) is 5.82 Å². The standard InChI is InChI=1S/C30H38N6O4/c1-34(2)20-26(37)35(19-22-12-10-21(11-13-22)18-27(38)40-4)15-7-16-36-25(14-17-39-3)33-28-29(36)23-8-5-6-9-24(23)32-30(28)31/h5-6,8-13H,7,14-20H2,1-4H3,(H2,31,32). The van der Waals surface area contributed by atoms with Gasteiger partial charge in [-0.1, -0.05) is 42.5 Å². The van der Waals surface area contributed by atoms with Crippen molar-refractivity contribution in [2.24, 2.45) is 0 Å². The van der Waals surface area contributed by atoms with Crippen molar-refractivity contribution in [2.45, 2.75) is 32.4 Å². The number of para-hydroxylation sites is 1. The van der Waals surface area contributed by atoms with Crippen molar-refractivity contribution in [3.05, 3.63) is 65.5 Å². The third-order valence-electron chi connectivity index (χ3n) is 6.81. The molecule has 0 aliphatic rings. The van der Waals surface area contributed by atoms with Crippen molar-refractivity contribution < 1.29 is 19.1 Å². The number of nitrogens with two attached hydrogens (primary N) is 1. The smallest absolute Gasteiger partial charge is 0.309 e. The fourth-order valence-electron chi connectivity index (χ4n) is 4.83. The number of pyridine rings is 1. The van der Waals surface area contributed by atoms with E-state index in [1.165, 1.54) is 7.11 Å². The predicted molar refractivity (Wildman–Crippen MR) is 156 cm³/mol. The maximum absolute atomic E-state index is 13.2. The average Bonchev–Trinajstić information content (AvgIpc) is 3.31. The third kappa shape index (κ3) is 6.94. The van der Waals surface area contributed by atoms with Gasteiger partial charge in [0.05, 0.1) is 37.7 Å². The highest BCUT2D eigenvalue weighted by Crippen LogP contribution is 2.29. The predicted octanol–water partition coefficient (Wildman–Crippen LogP) is 3.05. The molecule has 4 rings (SSSR count). The van der Waals surface area contributed by atoms with Gasteiger partial charge >= 0.3 is 5.97 Å². The van der Waals surface area contributed by atoms with Crippen molar-refractivity contribution in [1.29, 1.82) is 0 Å². The van der Waals surface area contributed by atoms with Gasteiger partial charge in [-0.15, -0.1) is 0 Å². The zero-order valence-corrected chi connectivity index (χ0v) is 23.7. The summed E-state index contributed by atoms with van der Waals surface area (Å²) in [6.07, 6.45) is 1.58. The minimum Gasteiger partial charge on any atom is -0.469 e. The molecule has 10 nitrogen and oxygen atoms in total. The second kappa shape index (κ2) is 13.4. The van der Waals surface area contributed by atoms with Crippen LogP contribution in [0.1, 0.15) is 23.4 Å². The first kappa shape index (κ1) is 29.0. The van der Waals surface area contributed by atoms with Gasteiger partial charge in [0.25, 0.3) is 0 Å². The molecule has 2 heterocycles. The Bertz CT molecular complexity index is 1460. The summed E-state index contributed by atoms with van der Waals surface area (Å²) in [6, 6.07) is 15.7. The molecule has 0 saturated carbocycles. The summed E-state index contributed by atoms with van der Waals surface area (Å²) in [5.74, 6) is 1.06. The lowest BCUT2D eigenvalue weighted by atomic mass is 10.1. The van der Waals surface area contributed by atoms with E-state index in [-0.39, 0.29) is 18.3 Å². The number of esters is 1. The van der Waals surface area contributed by atoms with Crippen LogP contribution in [-0.4, -0.2) is 84.2 Å². The molecule has 2 aromatic carbocycles. The maximum atomic E-state index is 13.2.